The Kier molecular flexibility index (Phi) is 6.06. The maximum absolute atomic E-state index is 11.8. The zero-order valence-corrected chi connectivity index (χ0v) is 11.8. The van der Waals surface area contributed by atoms with Gasteiger partial charge in [0.2, 0.25) is 11.8 Å². The molecule has 1 unspecified atom stereocenters. The van der Waals surface area contributed by atoms with Crippen molar-refractivity contribution in [3.8, 4) is 0 Å². The van der Waals surface area contributed by atoms with Crippen LogP contribution in [0.2, 0.25) is 0 Å². The zero-order chi connectivity index (χ0) is 14.3. The van der Waals surface area contributed by atoms with Crippen molar-refractivity contribution in [2.24, 2.45) is 0 Å². The van der Waals surface area contributed by atoms with Gasteiger partial charge in [-0.05, 0) is 24.0 Å². The molecule has 0 spiro atoms. The second kappa shape index (κ2) is 7.56. The number of carbonyl (C=O) groups is 2. The van der Waals surface area contributed by atoms with Crippen LogP contribution in [0, 0.1) is 0 Å². The number of amides is 2. The average molecular weight is 262 g/mol. The van der Waals surface area contributed by atoms with Crippen molar-refractivity contribution in [1.29, 1.82) is 0 Å². The van der Waals surface area contributed by atoms with Crippen LogP contribution in [0.15, 0.2) is 24.3 Å². The van der Waals surface area contributed by atoms with Crippen LogP contribution in [0.4, 0.5) is 5.69 Å². The van der Waals surface area contributed by atoms with Crippen LogP contribution in [-0.2, 0) is 9.59 Å². The predicted octanol–water partition coefficient (Wildman–Crippen LogP) is 2.66. The molecule has 1 atom stereocenters. The van der Waals surface area contributed by atoms with E-state index in [9.17, 15) is 9.59 Å². The van der Waals surface area contributed by atoms with Crippen LogP contribution in [-0.4, -0.2) is 18.4 Å². The smallest absolute Gasteiger partial charge is 0.226 e. The standard InChI is InChI=1S/C15H22N2O2/c1-4-11(2)13-7-5-6-8-14(13)17-15(19)9-10-16-12(3)18/h5-8,11H,4,9-10H2,1-3H3,(H,16,18)(H,17,19). The summed E-state index contributed by atoms with van der Waals surface area (Å²) in [6.45, 7) is 6.07. The molecule has 2 amide bonds. The molecule has 0 saturated heterocycles. The molecule has 0 fully saturated rings. The van der Waals surface area contributed by atoms with Gasteiger partial charge in [-0.1, -0.05) is 32.0 Å². The van der Waals surface area contributed by atoms with E-state index in [1.807, 2.05) is 24.3 Å². The third-order valence-corrected chi connectivity index (χ3v) is 3.10. The molecule has 19 heavy (non-hydrogen) atoms. The van der Waals surface area contributed by atoms with E-state index >= 15 is 0 Å². The summed E-state index contributed by atoms with van der Waals surface area (Å²) in [4.78, 5) is 22.5. The van der Waals surface area contributed by atoms with Crippen LogP contribution in [0.1, 0.15) is 45.1 Å². The highest BCUT2D eigenvalue weighted by Gasteiger charge is 2.10. The quantitative estimate of drug-likeness (QED) is 0.828. The van der Waals surface area contributed by atoms with Crippen molar-refractivity contribution >= 4 is 17.5 Å². The van der Waals surface area contributed by atoms with E-state index in [4.69, 9.17) is 0 Å². The number of hydrogen-bond acceptors (Lipinski definition) is 2. The fourth-order valence-corrected chi connectivity index (χ4v) is 1.83. The van der Waals surface area contributed by atoms with Gasteiger partial charge >= 0.3 is 0 Å². The lowest BCUT2D eigenvalue weighted by Gasteiger charge is -2.15. The first-order valence-corrected chi connectivity index (χ1v) is 6.67. The van der Waals surface area contributed by atoms with E-state index in [0.717, 1.165) is 17.7 Å². The molecule has 1 aromatic rings. The minimum Gasteiger partial charge on any atom is -0.356 e. The molecule has 0 bridgehead atoms. The van der Waals surface area contributed by atoms with E-state index in [1.165, 1.54) is 6.92 Å². The molecule has 0 aromatic heterocycles. The van der Waals surface area contributed by atoms with Gasteiger partial charge in [0.1, 0.15) is 0 Å². The van der Waals surface area contributed by atoms with Gasteiger partial charge in [-0.25, -0.2) is 0 Å². The second-order valence-corrected chi connectivity index (χ2v) is 4.68. The summed E-state index contributed by atoms with van der Waals surface area (Å²) in [5.41, 5.74) is 2.02. The normalized spacial score (nSPS) is 11.7. The summed E-state index contributed by atoms with van der Waals surface area (Å²) in [5.74, 6) is 0.212. The number of carbonyl (C=O) groups excluding carboxylic acids is 2. The van der Waals surface area contributed by atoms with Crippen LogP contribution < -0.4 is 10.6 Å². The first kappa shape index (κ1) is 15.2. The molecule has 104 valence electrons. The van der Waals surface area contributed by atoms with E-state index in [-0.39, 0.29) is 18.2 Å². The highest BCUT2D eigenvalue weighted by Crippen LogP contribution is 2.26. The van der Waals surface area contributed by atoms with Gasteiger partial charge in [-0.3, -0.25) is 9.59 Å². The van der Waals surface area contributed by atoms with Crippen molar-refractivity contribution in [3.63, 3.8) is 0 Å². The SMILES string of the molecule is CCC(C)c1ccccc1NC(=O)CCNC(C)=O. The Bertz CT molecular complexity index is 444. The molecule has 0 saturated carbocycles. The molecule has 1 rings (SSSR count). The van der Waals surface area contributed by atoms with Crippen molar-refractivity contribution in [3.05, 3.63) is 29.8 Å². The molecule has 1 aromatic carbocycles. The summed E-state index contributed by atoms with van der Waals surface area (Å²) in [5, 5.41) is 5.52. The average Bonchev–Trinajstić information content (AvgIpc) is 2.38. The fraction of sp³-hybridized carbons (Fsp3) is 0.467. The van der Waals surface area contributed by atoms with Crippen LogP contribution in [0.5, 0.6) is 0 Å². The lowest BCUT2D eigenvalue weighted by Crippen LogP contribution is -2.25. The summed E-state index contributed by atoms with van der Waals surface area (Å²) >= 11 is 0. The summed E-state index contributed by atoms with van der Waals surface area (Å²) in [7, 11) is 0. The minimum atomic E-state index is -0.118. The summed E-state index contributed by atoms with van der Waals surface area (Å²) < 4.78 is 0. The Labute approximate surface area is 114 Å². The highest BCUT2D eigenvalue weighted by molar-refractivity contribution is 5.92. The monoisotopic (exact) mass is 262 g/mol. The molecule has 0 aliphatic carbocycles. The topological polar surface area (TPSA) is 58.2 Å². The van der Waals surface area contributed by atoms with Crippen molar-refractivity contribution in [1.82, 2.24) is 5.32 Å². The Morgan fingerprint density at radius 3 is 2.58 bits per heavy atom. The Balaban J connectivity index is 2.61. The van der Waals surface area contributed by atoms with Crippen molar-refractivity contribution < 1.29 is 9.59 Å². The first-order valence-electron chi connectivity index (χ1n) is 6.67. The number of anilines is 1. The molecule has 4 heteroatoms. The lowest BCUT2D eigenvalue weighted by molar-refractivity contribution is -0.119. The molecule has 0 radical (unpaired) electrons. The Morgan fingerprint density at radius 1 is 1.26 bits per heavy atom. The van der Waals surface area contributed by atoms with Gasteiger partial charge in [0.15, 0.2) is 0 Å². The second-order valence-electron chi connectivity index (χ2n) is 4.68. The number of nitrogens with one attached hydrogen (secondary N) is 2. The maximum atomic E-state index is 11.8. The summed E-state index contributed by atoms with van der Waals surface area (Å²) in [6.07, 6.45) is 1.31. The molecule has 0 heterocycles. The molecule has 2 N–H and O–H groups in total. The van der Waals surface area contributed by atoms with Crippen LogP contribution >= 0.6 is 0 Å². The van der Waals surface area contributed by atoms with Gasteiger partial charge in [-0.15, -0.1) is 0 Å². The predicted molar refractivity (Wildman–Crippen MR) is 77.1 cm³/mol. The first-order chi connectivity index (χ1) is 9.04. The Hall–Kier alpha value is -1.84. The van der Waals surface area contributed by atoms with Gasteiger partial charge < -0.3 is 10.6 Å². The van der Waals surface area contributed by atoms with Gasteiger partial charge in [0, 0.05) is 25.6 Å². The lowest BCUT2D eigenvalue weighted by atomic mass is 9.97. The van der Waals surface area contributed by atoms with E-state index in [0.29, 0.717) is 12.5 Å². The van der Waals surface area contributed by atoms with Crippen molar-refractivity contribution in [2.75, 3.05) is 11.9 Å². The molecule has 0 aliphatic heterocycles. The number of benzene rings is 1. The van der Waals surface area contributed by atoms with Gasteiger partial charge in [-0.2, -0.15) is 0 Å². The molecule has 0 aliphatic rings. The minimum absolute atomic E-state index is 0.0792. The van der Waals surface area contributed by atoms with Crippen molar-refractivity contribution in [2.45, 2.75) is 39.5 Å². The zero-order valence-electron chi connectivity index (χ0n) is 11.8. The van der Waals surface area contributed by atoms with Crippen LogP contribution in [0.25, 0.3) is 0 Å². The number of para-hydroxylation sites is 1. The molecular formula is C15H22N2O2. The Morgan fingerprint density at radius 2 is 1.95 bits per heavy atom. The van der Waals surface area contributed by atoms with Gasteiger partial charge in [0.05, 0.1) is 0 Å². The summed E-state index contributed by atoms with van der Waals surface area (Å²) in [6, 6.07) is 7.85. The number of hydrogen-bond donors (Lipinski definition) is 2. The number of rotatable bonds is 6. The largest absolute Gasteiger partial charge is 0.356 e. The fourth-order valence-electron chi connectivity index (χ4n) is 1.83. The molecular weight excluding hydrogens is 240 g/mol. The highest BCUT2D eigenvalue weighted by atomic mass is 16.2. The third kappa shape index (κ3) is 5.12. The van der Waals surface area contributed by atoms with E-state index < -0.39 is 0 Å². The van der Waals surface area contributed by atoms with Gasteiger partial charge in [0.25, 0.3) is 0 Å². The van der Waals surface area contributed by atoms with Crippen LogP contribution in [0.3, 0.4) is 0 Å². The maximum Gasteiger partial charge on any atom is 0.226 e. The molecule has 4 nitrogen and oxygen atoms in total. The third-order valence-electron chi connectivity index (χ3n) is 3.10. The van der Waals surface area contributed by atoms with E-state index in [2.05, 4.69) is 24.5 Å². The van der Waals surface area contributed by atoms with E-state index in [1.54, 1.807) is 0 Å².